The topological polar surface area (TPSA) is 61.5 Å². The van der Waals surface area contributed by atoms with Gasteiger partial charge in [-0.15, -0.1) is 12.4 Å². The molecule has 4 nitrogen and oxygen atoms in total. The second-order valence-electron chi connectivity index (χ2n) is 2.33. The van der Waals surface area contributed by atoms with Gasteiger partial charge < -0.3 is 15.2 Å². The second-order valence-corrected chi connectivity index (χ2v) is 2.33. The Morgan fingerprint density at radius 3 is 2.64 bits per heavy atom. The molecule has 1 heterocycles. The summed E-state index contributed by atoms with van der Waals surface area (Å²) in [4.78, 5) is 10.8. The van der Waals surface area contributed by atoms with Crippen molar-refractivity contribution in [2.24, 2.45) is 11.7 Å². The van der Waals surface area contributed by atoms with Gasteiger partial charge in [-0.05, 0) is 0 Å². The molecule has 1 fully saturated rings. The lowest BCUT2D eigenvalue weighted by Crippen LogP contribution is -2.34. The minimum absolute atomic E-state index is 0. The SMILES string of the molecule is COC(=O)C1COCC1N.Cl. The Hall–Kier alpha value is -0.320. The average molecular weight is 182 g/mol. The number of rotatable bonds is 1. The average Bonchev–Trinajstić information content (AvgIpc) is 2.34. The highest BCUT2D eigenvalue weighted by molar-refractivity contribution is 5.85. The van der Waals surface area contributed by atoms with Crippen LogP contribution in [0.2, 0.25) is 0 Å². The molecule has 1 aliphatic heterocycles. The van der Waals surface area contributed by atoms with Crippen molar-refractivity contribution in [1.82, 2.24) is 0 Å². The Kier molecular flexibility index (Phi) is 4.40. The first-order valence-electron chi connectivity index (χ1n) is 3.17. The molecule has 0 saturated carbocycles. The fourth-order valence-electron chi connectivity index (χ4n) is 0.965. The number of esters is 1. The van der Waals surface area contributed by atoms with Crippen LogP contribution in [0.5, 0.6) is 0 Å². The van der Waals surface area contributed by atoms with E-state index >= 15 is 0 Å². The fraction of sp³-hybridized carbons (Fsp3) is 0.833. The van der Waals surface area contributed by atoms with Crippen LogP contribution < -0.4 is 5.73 Å². The summed E-state index contributed by atoms with van der Waals surface area (Å²) in [7, 11) is 1.35. The predicted molar refractivity (Wildman–Crippen MR) is 41.5 cm³/mol. The van der Waals surface area contributed by atoms with Crippen molar-refractivity contribution in [3.05, 3.63) is 0 Å². The van der Waals surface area contributed by atoms with E-state index < -0.39 is 0 Å². The molecule has 5 heteroatoms. The third-order valence-electron chi connectivity index (χ3n) is 1.63. The van der Waals surface area contributed by atoms with Gasteiger partial charge >= 0.3 is 5.97 Å². The van der Waals surface area contributed by atoms with Gasteiger partial charge in [0.25, 0.3) is 0 Å². The standard InChI is InChI=1S/C6H11NO3.ClH/c1-9-6(8)4-2-10-3-5(4)7;/h4-5H,2-3,7H2,1H3;1H. The zero-order valence-electron chi connectivity index (χ0n) is 6.28. The van der Waals surface area contributed by atoms with Gasteiger partial charge in [-0.25, -0.2) is 0 Å². The highest BCUT2D eigenvalue weighted by Crippen LogP contribution is 2.12. The van der Waals surface area contributed by atoms with Crippen LogP contribution in [0.3, 0.4) is 0 Å². The maximum absolute atomic E-state index is 10.8. The minimum Gasteiger partial charge on any atom is -0.469 e. The van der Waals surface area contributed by atoms with Crippen LogP contribution in [0, 0.1) is 5.92 Å². The molecule has 66 valence electrons. The van der Waals surface area contributed by atoms with E-state index in [2.05, 4.69) is 4.74 Å². The van der Waals surface area contributed by atoms with Crippen LogP contribution in [0.4, 0.5) is 0 Å². The fourth-order valence-corrected chi connectivity index (χ4v) is 0.965. The van der Waals surface area contributed by atoms with Crippen molar-refractivity contribution in [2.75, 3.05) is 20.3 Å². The number of methoxy groups -OCH3 is 1. The lowest BCUT2D eigenvalue weighted by atomic mass is 10.1. The maximum atomic E-state index is 10.8. The molecule has 1 aliphatic rings. The third-order valence-corrected chi connectivity index (χ3v) is 1.63. The Morgan fingerprint density at radius 1 is 1.64 bits per heavy atom. The first-order valence-corrected chi connectivity index (χ1v) is 3.17. The summed E-state index contributed by atoms with van der Waals surface area (Å²) in [5.74, 6) is -0.532. The molecule has 0 amide bonds. The number of halogens is 1. The number of nitrogens with two attached hydrogens (primary N) is 1. The maximum Gasteiger partial charge on any atom is 0.312 e. The molecule has 0 aromatic carbocycles. The zero-order chi connectivity index (χ0) is 7.56. The summed E-state index contributed by atoms with van der Waals surface area (Å²) in [6.07, 6.45) is 0. The Balaban J connectivity index is 0.000001000. The second kappa shape index (κ2) is 4.54. The first-order chi connectivity index (χ1) is 4.75. The van der Waals surface area contributed by atoms with E-state index in [9.17, 15) is 4.79 Å². The summed E-state index contributed by atoms with van der Waals surface area (Å²) in [6.45, 7) is 0.855. The highest BCUT2D eigenvalue weighted by atomic mass is 35.5. The van der Waals surface area contributed by atoms with Gasteiger partial charge in [0.1, 0.15) is 0 Å². The molecule has 0 aromatic heterocycles. The molecule has 2 unspecified atom stereocenters. The summed E-state index contributed by atoms with van der Waals surface area (Å²) in [5.41, 5.74) is 5.53. The van der Waals surface area contributed by atoms with E-state index in [1.807, 2.05) is 0 Å². The van der Waals surface area contributed by atoms with Crippen molar-refractivity contribution < 1.29 is 14.3 Å². The van der Waals surface area contributed by atoms with Crippen LogP contribution in [-0.4, -0.2) is 32.3 Å². The van der Waals surface area contributed by atoms with E-state index in [-0.39, 0.29) is 30.3 Å². The number of ether oxygens (including phenoxy) is 2. The molecule has 0 aromatic rings. The van der Waals surface area contributed by atoms with Gasteiger partial charge in [-0.3, -0.25) is 4.79 Å². The molecule has 2 N–H and O–H groups in total. The number of hydrogen-bond acceptors (Lipinski definition) is 4. The Labute approximate surface area is 71.4 Å². The Bertz CT molecular complexity index is 142. The van der Waals surface area contributed by atoms with Crippen molar-refractivity contribution in [2.45, 2.75) is 6.04 Å². The van der Waals surface area contributed by atoms with E-state index in [0.29, 0.717) is 13.2 Å². The van der Waals surface area contributed by atoms with E-state index in [0.717, 1.165) is 0 Å². The molecule has 11 heavy (non-hydrogen) atoms. The van der Waals surface area contributed by atoms with Crippen LogP contribution in [0.1, 0.15) is 0 Å². The van der Waals surface area contributed by atoms with Gasteiger partial charge in [0.05, 0.1) is 26.2 Å². The summed E-state index contributed by atoms with van der Waals surface area (Å²) >= 11 is 0. The molecular weight excluding hydrogens is 170 g/mol. The number of hydrogen-bond donors (Lipinski definition) is 1. The quantitative estimate of drug-likeness (QED) is 0.557. The molecule has 0 spiro atoms. The van der Waals surface area contributed by atoms with Crippen molar-refractivity contribution in [3.8, 4) is 0 Å². The summed E-state index contributed by atoms with van der Waals surface area (Å²) < 4.78 is 9.47. The lowest BCUT2D eigenvalue weighted by Gasteiger charge is -2.08. The normalized spacial score (nSPS) is 29.3. The molecule has 0 aliphatic carbocycles. The van der Waals surface area contributed by atoms with E-state index in [1.54, 1.807) is 0 Å². The van der Waals surface area contributed by atoms with Gasteiger partial charge in [0.2, 0.25) is 0 Å². The van der Waals surface area contributed by atoms with Crippen molar-refractivity contribution >= 4 is 18.4 Å². The van der Waals surface area contributed by atoms with Gasteiger partial charge in [0, 0.05) is 6.04 Å². The van der Waals surface area contributed by atoms with Gasteiger partial charge in [0.15, 0.2) is 0 Å². The van der Waals surface area contributed by atoms with Crippen LogP contribution in [0.15, 0.2) is 0 Å². The molecule has 2 atom stereocenters. The zero-order valence-corrected chi connectivity index (χ0v) is 7.10. The smallest absolute Gasteiger partial charge is 0.312 e. The first kappa shape index (κ1) is 10.7. The largest absolute Gasteiger partial charge is 0.469 e. The molecule has 0 radical (unpaired) electrons. The number of carbonyl (C=O) groups is 1. The van der Waals surface area contributed by atoms with Crippen LogP contribution in [-0.2, 0) is 14.3 Å². The minimum atomic E-state index is -0.273. The molecular formula is C6H12ClNO3. The molecule has 1 rings (SSSR count). The summed E-state index contributed by atoms with van der Waals surface area (Å²) in [6, 6.07) is -0.188. The molecule has 0 bridgehead atoms. The van der Waals surface area contributed by atoms with Crippen molar-refractivity contribution in [3.63, 3.8) is 0 Å². The monoisotopic (exact) mass is 181 g/mol. The van der Waals surface area contributed by atoms with Crippen molar-refractivity contribution in [1.29, 1.82) is 0 Å². The summed E-state index contributed by atoms with van der Waals surface area (Å²) in [5, 5.41) is 0. The lowest BCUT2D eigenvalue weighted by molar-refractivity contribution is -0.145. The highest BCUT2D eigenvalue weighted by Gasteiger charge is 2.31. The van der Waals surface area contributed by atoms with Crippen LogP contribution in [0.25, 0.3) is 0 Å². The van der Waals surface area contributed by atoms with Gasteiger partial charge in [-0.2, -0.15) is 0 Å². The molecule has 1 saturated heterocycles. The van der Waals surface area contributed by atoms with Crippen LogP contribution >= 0.6 is 12.4 Å². The Morgan fingerprint density at radius 2 is 2.27 bits per heavy atom. The number of carbonyl (C=O) groups excluding carboxylic acids is 1. The third kappa shape index (κ3) is 2.32. The predicted octanol–water partition coefficient (Wildman–Crippen LogP) is -0.445. The van der Waals surface area contributed by atoms with Gasteiger partial charge in [-0.1, -0.05) is 0 Å². The van der Waals surface area contributed by atoms with E-state index in [1.165, 1.54) is 7.11 Å². The van der Waals surface area contributed by atoms with E-state index in [4.69, 9.17) is 10.5 Å².